The van der Waals surface area contributed by atoms with E-state index < -0.39 is 17.6 Å². The zero-order valence-electron chi connectivity index (χ0n) is 14.5. The first kappa shape index (κ1) is 19.2. The summed E-state index contributed by atoms with van der Waals surface area (Å²) in [5, 5.41) is 13.3. The summed E-state index contributed by atoms with van der Waals surface area (Å²) in [5.74, 6) is -0.505. The lowest BCUT2D eigenvalue weighted by Crippen LogP contribution is -2.17. The van der Waals surface area contributed by atoms with Gasteiger partial charge in [-0.25, -0.2) is 5.43 Å². The van der Waals surface area contributed by atoms with E-state index in [1.165, 1.54) is 36.5 Å². The zero-order chi connectivity index (χ0) is 20.1. The molecule has 1 aromatic heterocycles. The highest BCUT2D eigenvalue weighted by molar-refractivity contribution is 5.95. The molecule has 0 aliphatic rings. The second-order valence-corrected chi connectivity index (χ2v) is 6.01. The lowest BCUT2D eigenvalue weighted by Gasteiger charge is -2.09. The number of phenolic OH excluding ortho intramolecular Hbond substituents is 1. The standard InChI is InChI=1S/C20H16F3N3O2/c21-20(22,23)16-8-6-14(7-9-16)13-26-10-2-4-17(26)12-24-25-19(28)15-3-1-5-18(27)11-15/h1-12,27H,13H2,(H,25,28)/b24-12+. The monoisotopic (exact) mass is 387 g/mol. The van der Waals surface area contributed by atoms with E-state index in [1.807, 2.05) is 0 Å². The van der Waals surface area contributed by atoms with Gasteiger partial charge in [-0.3, -0.25) is 4.79 Å². The Bertz CT molecular complexity index is 992. The Morgan fingerprint density at radius 2 is 1.86 bits per heavy atom. The predicted molar refractivity (Wildman–Crippen MR) is 98.1 cm³/mol. The second kappa shape index (κ2) is 7.99. The Morgan fingerprint density at radius 3 is 2.54 bits per heavy atom. The number of amides is 1. The van der Waals surface area contributed by atoms with Crippen LogP contribution < -0.4 is 5.43 Å². The van der Waals surface area contributed by atoms with Crippen molar-refractivity contribution in [3.63, 3.8) is 0 Å². The van der Waals surface area contributed by atoms with Crippen LogP contribution in [-0.4, -0.2) is 21.8 Å². The summed E-state index contributed by atoms with van der Waals surface area (Å²) in [6.45, 7) is 0.354. The molecule has 0 spiro atoms. The summed E-state index contributed by atoms with van der Waals surface area (Å²) < 4.78 is 39.7. The van der Waals surface area contributed by atoms with E-state index in [9.17, 15) is 23.1 Å². The van der Waals surface area contributed by atoms with Gasteiger partial charge in [-0.2, -0.15) is 18.3 Å². The van der Waals surface area contributed by atoms with Gasteiger partial charge in [-0.05, 0) is 48.0 Å². The number of aromatic hydroxyl groups is 1. The lowest BCUT2D eigenvalue weighted by atomic mass is 10.1. The Hall–Kier alpha value is -3.55. The van der Waals surface area contributed by atoms with E-state index in [-0.39, 0.29) is 11.3 Å². The molecule has 2 aromatic carbocycles. The number of benzene rings is 2. The third-order valence-electron chi connectivity index (χ3n) is 3.97. The van der Waals surface area contributed by atoms with Crippen LogP contribution in [0.5, 0.6) is 5.75 Å². The van der Waals surface area contributed by atoms with Crippen LogP contribution in [0.2, 0.25) is 0 Å². The quantitative estimate of drug-likeness (QED) is 0.513. The summed E-state index contributed by atoms with van der Waals surface area (Å²) in [6, 6.07) is 14.3. The van der Waals surface area contributed by atoms with E-state index in [2.05, 4.69) is 10.5 Å². The number of halogens is 3. The highest BCUT2D eigenvalue weighted by atomic mass is 19.4. The summed E-state index contributed by atoms with van der Waals surface area (Å²) in [7, 11) is 0. The average Bonchev–Trinajstić information content (AvgIpc) is 3.08. The molecule has 3 aromatic rings. The van der Waals surface area contributed by atoms with Gasteiger partial charge < -0.3 is 9.67 Å². The molecular weight excluding hydrogens is 371 g/mol. The summed E-state index contributed by atoms with van der Waals surface area (Å²) in [6.07, 6.45) is -1.17. The van der Waals surface area contributed by atoms with Crippen LogP contribution in [0.1, 0.15) is 27.2 Å². The largest absolute Gasteiger partial charge is 0.508 e. The van der Waals surface area contributed by atoms with Gasteiger partial charge in [0.05, 0.1) is 17.5 Å². The second-order valence-electron chi connectivity index (χ2n) is 6.01. The van der Waals surface area contributed by atoms with E-state index >= 15 is 0 Å². The van der Waals surface area contributed by atoms with Gasteiger partial charge in [0, 0.05) is 18.3 Å². The van der Waals surface area contributed by atoms with Gasteiger partial charge in [-0.15, -0.1) is 0 Å². The number of aromatic nitrogens is 1. The molecule has 0 aliphatic heterocycles. The smallest absolute Gasteiger partial charge is 0.416 e. The summed E-state index contributed by atoms with van der Waals surface area (Å²) in [4.78, 5) is 12.0. The molecule has 0 fully saturated rings. The van der Waals surface area contributed by atoms with E-state index in [4.69, 9.17) is 0 Å². The Morgan fingerprint density at radius 1 is 1.11 bits per heavy atom. The molecule has 0 saturated carbocycles. The van der Waals surface area contributed by atoms with E-state index in [1.54, 1.807) is 29.0 Å². The molecule has 2 N–H and O–H groups in total. The topological polar surface area (TPSA) is 66.6 Å². The maximum absolute atomic E-state index is 12.6. The number of hydrogen-bond acceptors (Lipinski definition) is 3. The van der Waals surface area contributed by atoms with Crippen molar-refractivity contribution in [2.24, 2.45) is 5.10 Å². The summed E-state index contributed by atoms with van der Waals surface area (Å²) >= 11 is 0. The van der Waals surface area contributed by atoms with Gasteiger partial charge >= 0.3 is 6.18 Å². The van der Waals surface area contributed by atoms with Crippen molar-refractivity contribution in [2.45, 2.75) is 12.7 Å². The number of nitrogens with one attached hydrogen (secondary N) is 1. The van der Waals surface area contributed by atoms with Crippen LogP contribution in [0, 0.1) is 0 Å². The maximum Gasteiger partial charge on any atom is 0.416 e. The number of nitrogens with zero attached hydrogens (tertiary/aromatic N) is 2. The fourth-order valence-corrected chi connectivity index (χ4v) is 2.55. The SMILES string of the molecule is O=C(N/N=C/c1cccn1Cc1ccc(C(F)(F)F)cc1)c1cccc(O)c1. The Labute approximate surface area is 158 Å². The molecule has 0 saturated heterocycles. The van der Waals surface area contributed by atoms with Crippen LogP contribution >= 0.6 is 0 Å². The maximum atomic E-state index is 12.6. The Balaban J connectivity index is 1.65. The molecule has 0 atom stereocenters. The number of hydrogen-bond donors (Lipinski definition) is 2. The van der Waals surface area contributed by atoms with Crippen molar-refractivity contribution in [1.82, 2.24) is 9.99 Å². The molecule has 0 unspecified atom stereocenters. The molecule has 1 amide bonds. The number of alkyl halides is 3. The van der Waals surface area contributed by atoms with Crippen molar-refractivity contribution in [2.75, 3.05) is 0 Å². The van der Waals surface area contributed by atoms with Crippen LogP contribution in [0.15, 0.2) is 72.0 Å². The number of rotatable bonds is 5. The van der Waals surface area contributed by atoms with Gasteiger partial charge in [0.15, 0.2) is 0 Å². The van der Waals surface area contributed by atoms with Gasteiger partial charge in [-0.1, -0.05) is 18.2 Å². The molecule has 0 radical (unpaired) electrons. The van der Waals surface area contributed by atoms with Crippen molar-refractivity contribution >= 4 is 12.1 Å². The molecule has 1 heterocycles. The first-order chi connectivity index (χ1) is 13.3. The van der Waals surface area contributed by atoms with Crippen LogP contribution in [0.4, 0.5) is 13.2 Å². The predicted octanol–water partition coefficient (Wildman–Crippen LogP) is 4.02. The van der Waals surface area contributed by atoms with E-state index in [0.29, 0.717) is 17.8 Å². The molecular formula is C20H16F3N3O2. The van der Waals surface area contributed by atoms with Gasteiger partial charge in [0.2, 0.25) is 0 Å². The Kier molecular flexibility index (Phi) is 5.49. The third kappa shape index (κ3) is 4.79. The minimum absolute atomic E-state index is 0.0259. The van der Waals surface area contributed by atoms with Crippen molar-refractivity contribution < 1.29 is 23.1 Å². The minimum Gasteiger partial charge on any atom is -0.508 e. The number of phenols is 1. The number of hydrazone groups is 1. The van der Waals surface area contributed by atoms with Crippen LogP contribution in [0.3, 0.4) is 0 Å². The van der Waals surface area contributed by atoms with Crippen molar-refractivity contribution in [3.8, 4) is 5.75 Å². The van der Waals surface area contributed by atoms with Gasteiger partial charge in [0.1, 0.15) is 5.75 Å². The molecule has 0 bridgehead atoms. The third-order valence-corrected chi connectivity index (χ3v) is 3.97. The molecule has 8 heteroatoms. The van der Waals surface area contributed by atoms with E-state index in [0.717, 1.165) is 12.1 Å². The zero-order valence-corrected chi connectivity index (χ0v) is 14.5. The normalized spacial score (nSPS) is 11.7. The van der Waals surface area contributed by atoms with Crippen molar-refractivity contribution in [1.29, 1.82) is 0 Å². The molecule has 144 valence electrons. The van der Waals surface area contributed by atoms with Crippen LogP contribution in [0.25, 0.3) is 0 Å². The molecule has 28 heavy (non-hydrogen) atoms. The summed E-state index contributed by atoms with van der Waals surface area (Å²) in [5.41, 5.74) is 3.29. The highest BCUT2D eigenvalue weighted by Crippen LogP contribution is 2.29. The number of carbonyl (C=O) groups excluding carboxylic acids is 1. The fraction of sp³-hybridized carbons (Fsp3) is 0.100. The average molecular weight is 387 g/mol. The first-order valence-corrected chi connectivity index (χ1v) is 8.26. The number of carbonyl (C=O) groups is 1. The molecule has 0 aliphatic carbocycles. The van der Waals surface area contributed by atoms with Crippen molar-refractivity contribution in [3.05, 3.63) is 89.2 Å². The van der Waals surface area contributed by atoms with Crippen LogP contribution in [-0.2, 0) is 12.7 Å². The molecule has 3 rings (SSSR count). The minimum atomic E-state index is -4.36. The lowest BCUT2D eigenvalue weighted by molar-refractivity contribution is -0.137. The first-order valence-electron chi connectivity index (χ1n) is 8.26. The van der Waals surface area contributed by atoms with Gasteiger partial charge in [0.25, 0.3) is 5.91 Å². The highest BCUT2D eigenvalue weighted by Gasteiger charge is 2.29. The molecule has 5 nitrogen and oxygen atoms in total. The fourth-order valence-electron chi connectivity index (χ4n) is 2.55.